The average Bonchev–Trinajstić information content (AvgIpc) is 3.20. The molecule has 0 saturated carbocycles. The van der Waals surface area contributed by atoms with Crippen LogP contribution in [-0.2, 0) is 4.79 Å². The van der Waals surface area contributed by atoms with E-state index in [1.165, 1.54) is 6.33 Å². The van der Waals surface area contributed by atoms with Crippen LogP contribution in [-0.4, -0.2) is 64.3 Å². The first-order chi connectivity index (χ1) is 16.6. The van der Waals surface area contributed by atoms with Gasteiger partial charge in [0.15, 0.2) is 0 Å². The summed E-state index contributed by atoms with van der Waals surface area (Å²) in [5.74, 6) is 0.856. The molecule has 2 fully saturated rings. The maximum Gasteiger partial charge on any atom is 0.290 e. The van der Waals surface area contributed by atoms with Crippen LogP contribution in [0.2, 0.25) is 0 Å². The van der Waals surface area contributed by atoms with Crippen molar-refractivity contribution in [2.75, 3.05) is 47.9 Å². The van der Waals surface area contributed by atoms with E-state index in [1.807, 2.05) is 60.7 Å². The molecule has 2 aromatic heterocycles. The topological polar surface area (TPSA) is 107 Å². The molecule has 3 aromatic rings. The van der Waals surface area contributed by atoms with Crippen LogP contribution in [0.3, 0.4) is 0 Å². The number of anilines is 4. The van der Waals surface area contributed by atoms with Gasteiger partial charge in [0.25, 0.3) is 11.1 Å². The van der Waals surface area contributed by atoms with Gasteiger partial charge >= 0.3 is 0 Å². The quantitative estimate of drug-likeness (QED) is 0.555. The molecule has 1 aromatic carbocycles. The molecule has 2 aliphatic heterocycles. The number of benzene rings is 1. The van der Waals surface area contributed by atoms with E-state index in [2.05, 4.69) is 25.1 Å². The third kappa shape index (κ3) is 4.69. The van der Waals surface area contributed by atoms with Crippen LogP contribution in [0.1, 0.15) is 5.69 Å². The minimum Gasteiger partial charge on any atom is -0.365 e. The van der Waals surface area contributed by atoms with Gasteiger partial charge in [-0.25, -0.2) is 15.0 Å². The summed E-state index contributed by atoms with van der Waals surface area (Å²) < 4.78 is 0. The lowest BCUT2D eigenvalue weighted by Crippen LogP contribution is -2.47. The normalized spacial score (nSPS) is 17.3. The number of hydrogen-bond acceptors (Lipinski definition) is 10. The van der Waals surface area contributed by atoms with Gasteiger partial charge in [-0.05, 0) is 30.0 Å². The monoisotopic (exact) mass is 474 g/mol. The fourth-order valence-electron chi connectivity index (χ4n) is 3.79. The van der Waals surface area contributed by atoms with Crippen molar-refractivity contribution in [1.29, 1.82) is 0 Å². The van der Waals surface area contributed by atoms with Crippen LogP contribution in [0.25, 0.3) is 6.08 Å². The molecule has 0 unspecified atom stereocenters. The lowest BCUT2D eigenvalue weighted by molar-refractivity contribution is -0.115. The van der Waals surface area contributed by atoms with Crippen molar-refractivity contribution in [3.63, 3.8) is 0 Å². The molecule has 172 valence electrons. The molecule has 0 aliphatic carbocycles. The number of aromatic nitrogens is 4. The zero-order chi connectivity index (χ0) is 23.5. The number of nitrogens with one attached hydrogen (secondary N) is 1. The Hall–Kier alpha value is -3.99. The number of piperazine rings is 1. The number of rotatable bonds is 5. The number of imide groups is 1. The molecule has 2 amide bonds. The standard InChI is InChI=1S/C23H22N8O2S/c1-29(17-5-3-2-4-6-17)20-12-16(11-19-21(32)28-23(33)34-19)26-22(27-20)31-9-7-30(8-10-31)18-13-24-15-25-14-18/h2-6,11-15H,7-10H2,1H3,(H,28,32,33)/b19-11+. The predicted octanol–water partition coefficient (Wildman–Crippen LogP) is 2.68. The molecule has 11 heteroatoms. The van der Waals surface area contributed by atoms with Gasteiger partial charge in [0.05, 0.1) is 28.7 Å². The highest BCUT2D eigenvalue weighted by molar-refractivity contribution is 8.18. The van der Waals surface area contributed by atoms with Gasteiger partial charge in [-0.15, -0.1) is 0 Å². The third-order valence-corrected chi connectivity index (χ3v) is 6.41. The summed E-state index contributed by atoms with van der Waals surface area (Å²) in [6, 6.07) is 11.7. The third-order valence-electron chi connectivity index (χ3n) is 5.60. The number of carbonyl (C=O) groups is 2. The molecule has 4 heterocycles. The molecule has 0 spiro atoms. The average molecular weight is 475 g/mol. The van der Waals surface area contributed by atoms with E-state index < -0.39 is 5.91 Å². The summed E-state index contributed by atoms with van der Waals surface area (Å²) in [6.45, 7) is 2.99. The number of nitrogens with zero attached hydrogens (tertiary/aromatic N) is 7. The summed E-state index contributed by atoms with van der Waals surface area (Å²) in [6.07, 6.45) is 6.78. The van der Waals surface area contributed by atoms with E-state index in [9.17, 15) is 9.59 Å². The number of amides is 2. The van der Waals surface area contributed by atoms with Gasteiger partial charge in [0.1, 0.15) is 12.1 Å². The fraction of sp³-hybridized carbons (Fsp3) is 0.217. The summed E-state index contributed by atoms with van der Waals surface area (Å²) in [5, 5.41) is 1.90. The first kappa shape index (κ1) is 21.8. The summed E-state index contributed by atoms with van der Waals surface area (Å²) >= 11 is 0.874. The van der Waals surface area contributed by atoms with Gasteiger partial charge in [-0.3, -0.25) is 14.9 Å². The van der Waals surface area contributed by atoms with E-state index in [4.69, 9.17) is 9.97 Å². The van der Waals surface area contributed by atoms with Gasteiger partial charge in [0.2, 0.25) is 5.95 Å². The van der Waals surface area contributed by atoms with Crippen LogP contribution in [0.5, 0.6) is 0 Å². The Bertz CT molecular complexity index is 1230. The van der Waals surface area contributed by atoms with Crippen LogP contribution in [0.4, 0.5) is 27.9 Å². The number of para-hydroxylation sites is 1. The van der Waals surface area contributed by atoms with E-state index in [0.29, 0.717) is 22.4 Å². The highest BCUT2D eigenvalue weighted by atomic mass is 32.2. The van der Waals surface area contributed by atoms with Crippen molar-refractivity contribution in [2.45, 2.75) is 0 Å². The Morgan fingerprint density at radius 1 is 1.00 bits per heavy atom. The first-order valence-electron chi connectivity index (χ1n) is 10.7. The SMILES string of the molecule is CN(c1ccccc1)c1cc(/C=C2/SC(=O)NC2=O)nc(N2CCN(c3cncnc3)CC2)n1. The van der Waals surface area contributed by atoms with Crippen molar-refractivity contribution in [2.24, 2.45) is 0 Å². The zero-order valence-corrected chi connectivity index (χ0v) is 19.3. The minimum absolute atomic E-state index is 0.317. The van der Waals surface area contributed by atoms with Crippen LogP contribution in [0, 0.1) is 0 Å². The van der Waals surface area contributed by atoms with E-state index >= 15 is 0 Å². The number of hydrogen-bond donors (Lipinski definition) is 1. The molecule has 0 atom stereocenters. The van der Waals surface area contributed by atoms with Crippen molar-refractivity contribution >= 4 is 52.1 Å². The highest BCUT2D eigenvalue weighted by Crippen LogP contribution is 2.29. The maximum atomic E-state index is 12.1. The van der Waals surface area contributed by atoms with E-state index in [0.717, 1.165) is 49.3 Å². The van der Waals surface area contributed by atoms with Crippen molar-refractivity contribution in [1.82, 2.24) is 25.3 Å². The second-order valence-corrected chi connectivity index (χ2v) is 8.78. The molecule has 10 nitrogen and oxygen atoms in total. The number of carbonyl (C=O) groups excluding carboxylic acids is 2. The lowest BCUT2D eigenvalue weighted by atomic mass is 10.2. The van der Waals surface area contributed by atoms with E-state index in [1.54, 1.807) is 6.08 Å². The zero-order valence-electron chi connectivity index (χ0n) is 18.5. The Labute approximate surface area is 200 Å². The van der Waals surface area contributed by atoms with Crippen molar-refractivity contribution in [3.05, 3.63) is 65.7 Å². The lowest BCUT2D eigenvalue weighted by Gasteiger charge is -2.36. The second kappa shape index (κ2) is 9.48. The van der Waals surface area contributed by atoms with Crippen molar-refractivity contribution < 1.29 is 9.59 Å². The molecular formula is C23H22N8O2S. The van der Waals surface area contributed by atoms with Crippen LogP contribution < -0.4 is 20.0 Å². The molecule has 0 radical (unpaired) electrons. The molecule has 2 aliphatic rings. The Kier molecular flexibility index (Phi) is 6.09. The maximum absolute atomic E-state index is 12.1. The molecule has 1 N–H and O–H groups in total. The Balaban J connectivity index is 1.45. The molecule has 2 saturated heterocycles. The molecule has 5 rings (SSSR count). The second-order valence-electron chi connectivity index (χ2n) is 7.77. The summed E-state index contributed by atoms with van der Waals surface area (Å²) in [4.78, 5) is 48.1. The smallest absolute Gasteiger partial charge is 0.290 e. The van der Waals surface area contributed by atoms with E-state index in [-0.39, 0.29) is 5.24 Å². The fourth-order valence-corrected chi connectivity index (χ4v) is 4.45. The molecule has 0 bridgehead atoms. The Morgan fingerprint density at radius 3 is 2.38 bits per heavy atom. The predicted molar refractivity (Wildman–Crippen MR) is 132 cm³/mol. The summed E-state index contributed by atoms with van der Waals surface area (Å²) in [7, 11) is 1.94. The first-order valence-corrected chi connectivity index (χ1v) is 11.6. The van der Waals surface area contributed by atoms with Gasteiger partial charge in [0, 0.05) is 45.0 Å². The Morgan fingerprint density at radius 2 is 1.71 bits per heavy atom. The molecular weight excluding hydrogens is 452 g/mol. The van der Waals surface area contributed by atoms with Gasteiger partial charge in [-0.1, -0.05) is 18.2 Å². The minimum atomic E-state index is -0.410. The van der Waals surface area contributed by atoms with Crippen LogP contribution in [0.15, 0.2) is 60.0 Å². The largest absolute Gasteiger partial charge is 0.365 e. The van der Waals surface area contributed by atoms with Gasteiger partial charge in [-0.2, -0.15) is 4.98 Å². The van der Waals surface area contributed by atoms with Crippen molar-refractivity contribution in [3.8, 4) is 0 Å². The summed E-state index contributed by atoms with van der Waals surface area (Å²) in [5.41, 5.74) is 2.52. The van der Waals surface area contributed by atoms with Gasteiger partial charge < -0.3 is 14.7 Å². The van der Waals surface area contributed by atoms with Crippen LogP contribution >= 0.6 is 11.8 Å². The highest BCUT2D eigenvalue weighted by Gasteiger charge is 2.26. The molecule has 34 heavy (non-hydrogen) atoms. The number of thioether (sulfide) groups is 1.